The van der Waals surface area contributed by atoms with Crippen molar-refractivity contribution in [1.29, 1.82) is 0 Å². The van der Waals surface area contributed by atoms with Gasteiger partial charge < -0.3 is 9.64 Å². The van der Waals surface area contributed by atoms with E-state index in [1.165, 1.54) is 12.1 Å². The van der Waals surface area contributed by atoms with Crippen LogP contribution in [0.1, 0.15) is 18.4 Å². The van der Waals surface area contributed by atoms with E-state index in [-0.39, 0.29) is 29.4 Å². The number of hydrogen-bond acceptors (Lipinski definition) is 4. The molecule has 0 atom stereocenters. The Morgan fingerprint density at radius 2 is 1.77 bits per heavy atom. The Morgan fingerprint density at radius 1 is 1.12 bits per heavy atom. The highest BCUT2D eigenvalue weighted by Crippen LogP contribution is 2.19. The van der Waals surface area contributed by atoms with Crippen molar-refractivity contribution in [3.05, 3.63) is 59.9 Å². The third kappa shape index (κ3) is 5.29. The topological polar surface area (TPSA) is 63.7 Å². The van der Waals surface area contributed by atoms with Crippen LogP contribution in [0.2, 0.25) is 0 Å². The van der Waals surface area contributed by atoms with E-state index in [1.807, 2.05) is 24.3 Å². The lowest BCUT2D eigenvalue weighted by Gasteiger charge is -2.19. The van der Waals surface area contributed by atoms with Crippen LogP contribution in [0.25, 0.3) is 0 Å². The minimum atomic E-state index is -3.53. The van der Waals surface area contributed by atoms with E-state index in [9.17, 15) is 17.6 Å². The van der Waals surface area contributed by atoms with Gasteiger partial charge in [-0.2, -0.15) is 0 Å². The van der Waals surface area contributed by atoms with E-state index in [0.717, 1.165) is 17.7 Å². The maximum Gasteiger partial charge on any atom is 0.222 e. The average Bonchev–Trinajstić information content (AvgIpc) is 2.62. The number of nitrogens with zero attached hydrogens (tertiary/aromatic N) is 1. The van der Waals surface area contributed by atoms with Crippen molar-refractivity contribution in [3.63, 3.8) is 0 Å². The highest BCUT2D eigenvalue weighted by Gasteiger charge is 2.17. The number of hydrogen-bond donors (Lipinski definition) is 0. The monoisotopic (exact) mass is 379 g/mol. The van der Waals surface area contributed by atoms with Crippen molar-refractivity contribution in [1.82, 2.24) is 4.90 Å². The fraction of sp³-hybridized carbons (Fsp3) is 0.316. The van der Waals surface area contributed by atoms with Crippen molar-refractivity contribution >= 4 is 15.7 Å². The van der Waals surface area contributed by atoms with Gasteiger partial charge in [0.05, 0.1) is 17.8 Å². The largest absolute Gasteiger partial charge is 0.496 e. The van der Waals surface area contributed by atoms with Crippen LogP contribution in [-0.4, -0.2) is 39.1 Å². The highest BCUT2D eigenvalue weighted by atomic mass is 32.2. The van der Waals surface area contributed by atoms with Gasteiger partial charge in [-0.25, -0.2) is 12.8 Å². The molecule has 0 aromatic heterocycles. The molecule has 2 aromatic carbocycles. The van der Waals surface area contributed by atoms with Crippen LogP contribution in [0.5, 0.6) is 5.75 Å². The number of rotatable bonds is 8. The van der Waals surface area contributed by atoms with E-state index in [2.05, 4.69) is 0 Å². The summed E-state index contributed by atoms with van der Waals surface area (Å²) in [7, 11) is -0.285. The summed E-state index contributed by atoms with van der Waals surface area (Å²) in [4.78, 5) is 13.9. The predicted octanol–water partition coefficient (Wildman–Crippen LogP) is 3.05. The second-order valence-electron chi connectivity index (χ2n) is 5.94. The van der Waals surface area contributed by atoms with E-state index < -0.39 is 15.7 Å². The quantitative estimate of drug-likeness (QED) is 0.662. The van der Waals surface area contributed by atoms with E-state index in [1.54, 1.807) is 19.1 Å². The molecular formula is C19H22FNO4S. The number of methoxy groups -OCH3 is 1. The van der Waals surface area contributed by atoms with Gasteiger partial charge in [0.1, 0.15) is 11.6 Å². The summed E-state index contributed by atoms with van der Waals surface area (Å²) in [6.45, 7) is 0.382. The van der Waals surface area contributed by atoms with Crippen LogP contribution >= 0.6 is 0 Å². The minimum Gasteiger partial charge on any atom is -0.496 e. The first-order valence-corrected chi connectivity index (χ1v) is 9.83. The third-order valence-corrected chi connectivity index (χ3v) is 5.82. The van der Waals surface area contributed by atoms with E-state index in [4.69, 9.17) is 4.74 Å². The van der Waals surface area contributed by atoms with Crippen LogP contribution in [-0.2, 0) is 21.2 Å². The summed E-state index contributed by atoms with van der Waals surface area (Å²) in [5, 5.41) is 0. The fourth-order valence-corrected chi connectivity index (χ4v) is 3.85. The summed E-state index contributed by atoms with van der Waals surface area (Å²) < 4.78 is 42.6. The van der Waals surface area contributed by atoms with Gasteiger partial charge in [-0.3, -0.25) is 4.79 Å². The Balaban J connectivity index is 1.88. The first kappa shape index (κ1) is 19.9. The number of carbonyl (C=O) groups excluding carboxylic acids is 1. The van der Waals surface area contributed by atoms with Crippen molar-refractivity contribution in [2.45, 2.75) is 24.3 Å². The maximum atomic E-state index is 12.9. The Morgan fingerprint density at radius 3 is 2.42 bits per heavy atom. The van der Waals surface area contributed by atoms with E-state index in [0.29, 0.717) is 12.3 Å². The highest BCUT2D eigenvalue weighted by molar-refractivity contribution is 7.91. The summed E-state index contributed by atoms with van der Waals surface area (Å²) in [6.07, 6.45) is 0.320. The first-order valence-electron chi connectivity index (χ1n) is 8.17. The van der Waals surface area contributed by atoms with Crippen molar-refractivity contribution < 1.29 is 22.3 Å². The Labute approximate surface area is 153 Å². The molecule has 5 nitrogen and oxygen atoms in total. The molecular weight excluding hydrogens is 357 g/mol. The summed E-state index contributed by atoms with van der Waals surface area (Å²) in [5.41, 5.74) is 0.879. The lowest BCUT2D eigenvalue weighted by atomic mass is 10.2. The molecule has 0 aliphatic rings. The second kappa shape index (κ2) is 8.80. The molecule has 2 aromatic rings. The summed E-state index contributed by atoms with van der Waals surface area (Å²) in [5.74, 6) is -0.0966. The maximum absolute atomic E-state index is 12.9. The Bertz CT molecular complexity index is 850. The Hall–Kier alpha value is -2.41. The molecule has 140 valence electrons. The van der Waals surface area contributed by atoms with Gasteiger partial charge in [0.15, 0.2) is 9.84 Å². The van der Waals surface area contributed by atoms with Gasteiger partial charge in [-0.1, -0.05) is 18.2 Å². The van der Waals surface area contributed by atoms with E-state index >= 15 is 0 Å². The summed E-state index contributed by atoms with van der Waals surface area (Å²) in [6, 6.07) is 12.1. The number of benzene rings is 2. The standard InChI is InChI=1S/C19H22FNO4S/c1-21(14-15-6-3-4-7-18(15)25-2)19(22)8-5-13-26(23,24)17-11-9-16(20)10-12-17/h3-4,6-7,9-12H,5,8,13-14H2,1-2H3. The SMILES string of the molecule is COc1ccccc1CN(C)C(=O)CCCS(=O)(=O)c1ccc(F)cc1. The first-order chi connectivity index (χ1) is 12.3. The summed E-state index contributed by atoms with van der Waals surface area (Å²) >= 11 is 0. The zero-order chi connectivity index (χ0) is 19.2. The lowest BCUT2D eigenvalue weighted by molar-refractivity contribution is -0.130. The number of halogens is 1. The van der Waals surface area contributed by atoms with Gasteiger partial charge >= 0.3 is 0 Å². The third-order valence-electron chi connectivity index (χ3n) is 4.00. The average molecular weight is 379 g/mol. The molecule has 0 saturated carbocycles. The molecule has 0 bridgehead atoms. The number of carbonyl (C=O) groups is 1. The van der Waals surface area contributed by atoms with Gasteiger partial charge in [0.25, 0.3) is 0 Å². The van der Waals surface area contributed by atoms with Gasteiger partial charge in [0.2, 0.25) is 5.91 Å². The number of sulfone groups is 1. The molecule has 0 N–H and O–H groups in total. The zero-order valence-corrected chi connectivity index (χ0v) is 15.6. The number of amides is 1. The van der Waals surface area contributed by atoms with Crippen LogP contribution < -0.4 is 4.74 Å². The van der Waals surface area contributed by atoms with Crippen molar-refractivity contribution in [2.24, 2.45) is 0 Å². The smallest absolute Gasteiger partial charge is 0.222 e. The normalized spacial score (nSPS) is 11.2. The molecule has 0 fully saturated rings. The van der Waals surface area contributed by atoms with Gasteiger partial charge in [-0.05, 0) is 36.8 Å². The van der Waals surface area contributed by atoms with Crippen LogP contribution in [0, 0.1) is 5.82 Å². The molecule has 0 heterocycles. The van der Waals surface area contributed by atoms with Crippen molar-refractivity contribution in [2.75, 3.05) is 19.9 Å². The van der Waals surface area contributed by atoms with Crippen molar-refractivity contribution in [3.8, 4) is 5.75 Å². The van der Waals surface area contributed by atoms with Gasteiger partial charge in [-0.15, -0.1) is 0 Å². The molecule has 1 amide bonds. The Kier molecular flexibility index (Phi) is 6.74. The molecule has 2 rings (SSSR count). The van der Waals surface area contributed by atoms with Gasteiger partial charge in [0, 0.05) is 25.6 Å². The number of para-hydroxylation sites is 1. The second-order valence-corrected chi connectivity index (χ2v) is 8.05. The van der Waals surface area contributed by atoms with Crippen LogP contribution in [0.15, 0.2) is 53.4 Å². The molecule has 0 aliphatic carbocycles. The molecule has 0 aliphatic heterocycles. The molecule has 26 heavy (non-hydrogen) atoms. The molecule has 0 unspecified atom stereocenters. The lowest BCUT2D eigenvalue weighted by Crippen LogP contribution is -2.26. The van der Waals surface area contributed by atoms with Crippen LogP contribution in [0.4, 0.5) is 4.39 Å². The fourth-order valence-electron chi connectivity index (χ4n) is 2.54. The minimum absolute atomic E-state index is 0.0636. The predicted molar refractivity (Wildman–Crippen MR) is 97.2 cm³/mol. The molecule has 0 saturated heterocycles. The zero-order valence-electron chi connectivity index (χ0n) is 14.8. The molecule has 0 radical (unpaired) electrons. The number of ether oxygens (including phenoxy) is 1. The molecule has 7 heteroatoms. The molecule has 0 spiro atoms. The van der Waals surface area contributed by atoms with Crippen LogP contribution in [0.3, 0.4) is 0 Å².